The molecule has 0 aliphatic rings. The molecule has 2 aromatic rings. The van der Waals surface area contributed by atoms with Gasteiger partial charge in [0.1, 0.15) is 11.5 Å². The highest BCUT2D eigenvalue weighted by Gasteiger charge is 2.01. The van der Waals surface area contributed by atoms with E-state index in [1.165, 1.54) is 0 Å². The number of rotatable bonds is 2. The summed E-state index contributed by atoms with van der Waals surface area (Å²) < 4.78 is 5.64. The van der Waals surface area contributed by atoms with Gasteiger partial charge in [-0.25, -0.2) is 0 Å². The monoisotopic (exact) mass is 199 g/mol. The molecule has 0 saturated carbocycles. The lowest BCUT2D eigenvalue weighted by atomic mass is 10.2. The molecule has 1 aromatic heterocycles. The Morgan fingerprint density at radius 2 is 1.87 bits per heavy atom. The Hall–Kier alpha value is -2.03. The van der Waals surface area contributed by atoms with E-state index in [0.717, 1.165) is 17.1 Å². The summed E-state index contributed by atoms with van der Waals surface area (Å²) in [6.45, 7) is 1.93. The van der Waals surface area contributed by atoms with Crippen LogP contribution in [0.25, 0.3) is 0 Å². The third-order valence-electron chi connectivity index (χ3n) is 2.05. The van der Waals surface area contributed by atoms with Crippen LogP contribution in [0.15, 0.2) is 42.7 Å². The van der Waals surface area contributed by atoms with E-state index in [1.807, 2.05) is 6.92 Å². The van der Waals surface area contributed by atoms with Gasteiger partial charge < -0.3 is 10.5 Å². The zero-order valence-electron chi connectivity index (χ0n) is 8.40. The van der Waals surface area contributed by atoms with E-state index >= 15 is 0 Å². The molecule has 1 radical (unpaired) electrons. The van der Waals surface area contributed by atoms with Gasteiger partial charge in [-0.1, -0.05) is 0 Å². The standard InChI is InChI=1S/C12H11N2O/c1-9-8-10(13)2-3-12(9)15-11-4-6-14-7-5-11/h2-8,13H,1H3. The summed E-state index contributed by atoms with van der Waals surface area (Å²) in [5.41, 5.74) is 8.90. The molecule has 15 heavy (non-hydrogen) atoms. The van der Waals surface area contributed by atoms with Crippen molar-refractivity contribution >= 4 is 5.69 Å². The predicted molar refractivity (Wildman–Crippen MR) is 58.2 cm³/mol. The van der Waals surface area contributed by atoms with E-state index < -0.39 is 0 Å². The Balaban J connectivity index is 2.25. The Morgan fingerprint density at radius 1 is 1.13 bits per heavy atom. The predicted octanol–water partition coefficient (Wildman–Crippen LogP) is 3.10. The quantitative estimate of drug-likeness (QED) is 0.746. The molecule has 1 heterocycles. The van der Waals surface area contributed by atoms with Gasteiger partial charge in [0.05, 0.1) is 5.69 Å². The van der Waals surface area contributed by atoms with Crippen molar-refractivity contribution in [1.82, 2.24) is 10.7 Å². The molecule has 75 valence electrons. The van der Waals surface area contributed by atoms with Crippen LogP contribution >= 0.6 is 0 Å². The highest BCUT2D eigenvalue weighted by atomic mass is 16.5. The first-order valence-corrected chi connectivity index (χ1v) is 4.66. The van der Waals surface area contributed by atoms with Crippen LogP contribution in [-0.4, -0.2) is 4.98 Å². The van der Waals surface area contributed by atoms with E-state index in [1.54, 1.807) is 42.7 Å². The molecule has 0 saturated heterocycles. The summed E-state index contributed by atoms with van der Waals surface area (Å²) in [5, 5.41) is 0. The maximum Gasteiger partial charge on any atom is 0.130 e. The smallest absolute Gasteiger partial charge is 0.130 e. The molecular weight excluding hydrogens is 188 g/mol. The molecule has 1 aromatic carbocycles. The third kappa shape index (κ3) is 2.26. The van der Waals surface area contributed by atoms with Gasteiger partial charge in [-0.3, -0.25) is 4.98 Å². The number of pyridine rings is 1. The molecule has 3 nitrogen and oxygen atoms in total. The first-order valence-electron chi connectivity index (χ1n) is 4.66. The second-order valence-corrected chi connectivity index (χ2v) is 3.27. The van der Waals surface area contributed by atoms with Crippen LogP contribution < -0.4 is 10.5 Å². The Kier molecular flexibility index (Phi) is 2.54. The first-order chi connectivity index (χ1) is 7.25. The van der Waals surface area contributed by atoms with Crippen LogP contribution in [0.3, 0.4) is 0 Å². The fraction of sp³-hybridized carbons (Fsp3) is 0.0833. The molecule has 1 N–H and O–H groups in total. The summed E-state index contributed by atoms with van der Waals surface area (Å²) in [6.07, 6.45) is 3.37. The van der Waals surface area contributed by atoms with E-state index in [9.17, 15) is 0 Å². The van der Waals surface area contributed by atoms with Crippen molar-refractivity contribution in [3.8, 4) is 11.5 Å². The minimum absolute atomic E-state index is 0.495. The van der Waals surface area contributed by atoms with Crippen molar-refractivity contribution in [3.63, 3.8) is 0 Å². The van der Waals surface area contributed by atoms with Gasteiger partial charge in [-0.2, -0.15) is 0 Å². The van der Waals surface area contributed by atoms with Crippen LogP contribution in [0, 0.1) is 6.92 Å². The van der Waals surface area contributed by atoms with Crippen molar-refractivity contribution in [2.24, 2.45) is 0 Å². The highest BCUT2D eigenvalue weighted by Crippen LogP contribution is 2.26. The van der Waals surface area contributed by atoms with E-state index in [-0.39, 0.29) is 0 Å². The first kappa shape index (κ1) is 9.52. The van der Waals surface area contributed by atoms with Crippen molar-refractivity contribution in [2.45, 2.75) is 6.92 Å². The van der Waals surface area contributed by atoms with E-state index in [4.69, 9.17) is 10.5 Å². The lowest BCUT2D eigenvalue weighted by Gasteiger charge is -2.08. The maximum absolute atomic E-state index is 7.45. The number of hydrogen-bond acceptors (Lipinski definition) is 2. The average Bonchev–Trinajstić information content (AvgIpc) is 2.24. The van der Waals surface area contributed by atoms with Gasteiger partial charge in [0.2, 0.25) is 0 Å². The van der Waals surface area contributed by atoms with Crippen molar-refractivity contribution in [2.75, 3.05) is 0 Å². The normalized spacial score (nSPS) is 9.93. The third-order valence-corrected chi connectivity index (χ3v) is 2.05. The molecule has 0 aliphatic heterocycles. The fourth-order valence-electron chi connectivity index (χ4n) is 1.30. The molecule has 0 amide bonds. The average molecular weight is 199 g/mol. The van der Waals surface area contributed by atoms with Crippen molar-refractivity contribution in [3.05, 3.63) is 48.3 Å². The molecular formula is C12H11N2O. The second-order valence-electron chi connectivity index (χ2n) is 3.27. The van der Waals surface area contributed by atoms with E-state index in [0.29, 0.717) is 5.69 Å². The van der Waals surface area contributed by atoms with Gasteiger partial charge in [-0.05, 0) is 42.8 Å². The SMILES string of the molecule is Cc1cc([NH])ccc1Oc1ccncc1. The lowest BCUT2D eigenvalue weighted by molar-refractivity contribution is 0.478. The van der Waals surface area contributed by atoms with E-state index in [2.05, 4.69) is 4.98 Å². The van der Waals surface area contributed by atoms with Crippen molar-refractivity contribution in [1.29, 1.82) is 0 Å². The lowest BCUT2D eigenvalue weighted by Crippen LogP contribution is -1.87. The van der Waals surface area contributed by atoms with Crippen LogP contribution in [0.2, 0.25) is 0 Å². The number of aromatic nitrogens is 1. The Labute approximate surface area is 88.5 Å². The zero-order chi connectivity index (χ0) is 10.7. The summed E-state index contributed by atoms with van der Waals surface area (Å²) in [6, 6.07) is 8.89. The van der Waals surface area contributed by atoms with Gasteiger partial charge in [0, 0.05) is 12.4 Å². The van der Waals surface area contributed by atoms with Crippen LogP contribution in [0.1, 0.15) is 5.56 Å². The van der Waals surface area contributed by atoms with Crippen molar-refractivity contribution < 1.29 is 4.74 Å². The van der Waals surface area contributed by atoms with Gasteiger partial charge in [-0.15, -0.1) is 0 Å². The maximum atomic E-state index is 7.45. The highest BCUT2D eigenvalue weighted by molar-refractivity contribution is 5.46. The van der Waals surface area contributed by atoms with Gasteiger partial charge in [0.25, 0.3) is 0 Å². The van der Waals surface area contributed by atoms with Gasteiger partial charge in [0.15, 0.2) is 0 Å². The number of ether oxygens (including phenoxy) is 1. The summed E-state index contributed by atoms with van der Waals surface area (Å²) in [5.74, 6) is 1.53. The topological polar surface area (TPSA) is 45.9 Å². The number of nitrogens with one attached hydrogen (secondary N) is 1. The zero-order valence-corrected chi connectivity index (χ0v) is 8.40. The van der Waals surface area contributed by atoms with Gasteiger partial charge >= 0.3 is 0 Å². The second kappa shape index (κ2) is 4.00. The van der Waals surface area contributed by atoms with Crippen LogP contribution in [-0.2, 0) is 0 Å². The molecule has 0 fully saturated rings. The Bertz CT molecular complexity index is 454. The summed E-state index contributed by atoms with van der Waals surface area (Å²) in [4.78, 5) is 3.91. The molecule has 2 rings (SSSR count). The number of aryl methyl sites for hydroxylation is 1. The summed E-state index contributed by atoms with van der Waals surface area (Å²) >= 11 is 0. The minimum Gasteiger partial charge on any atom is -0.457 e. The fourth-order valence-corrected chi connectivity index (χ4v) is 1.30. The molecule has 3 heteroatoms. The number of nitrogens with zero attached hydrogens (tertiary/aromatic N) is 1. The largest absolute Gasteiger partial charge is 0.457 e. The molecule has 0 spiro atoms. The summed E-state index contributed by atoms with van der Waals surface area (Å²) in [7, 11) is 0. The number of benzene rings is 1. The van der Waals surface area contributed by atoms with Crippen LogP contribution in [0.4, 0.5) is 5.69 Å². The van der Waals surface area contributed by atoms with Crippen LogP contribution in [0.5, 0.6) is 11.5 Å². The molecule has 0 aliphatic carbocycles. The Morgan fingerprint density at radius 3 is 2.53 bits per heavy atom. The molecule has 0 unspecified atom stereocenters. The minimum atomic E-state index is 0.495. The molecule has 0 atom stereocenters. The number of hydrogen-bond donors (Lipinski definition) is 0. The molecule has 0 bridgehead atoms.